The number of unbranched alkanes of at least 4 members (excludes halogenated alkanes) is 9. The van der Waals surface area contributed by atoms with E-state index in [9.17, 15) is 4.79 Å². The van der Waals surface area contributed by atoms with E-state index in [1.165, 1.54) is 57.8 Å². The summed E-state index contributed by atoms with van der Waals surface area (Å²) in [5, 5.41) is -0.0745. The highest BCUT2D eigenvalue weighted by Gasteiger charge is 1.96. The van der Waals surface area contributed by atoms with Gasteiger partial charge in [-0.3, -0.25) is 4.79 Å². The summed E-state index contributed by atoms with van der Waals surface area (Å²) < 4.78 is 0. The van der Waals surface area contributed by atoms with Gasteiger partial charge in [0.2, 0.25) is 5.12 Å². The highest BCUT2D eigenvalue weighted by Crippen LogP contribution is 2.11. The third-order valence-corrected chi connectivity index (χ3v) is 2.94. The maximum Gasteiger partial charge on any atom is 0.218 e. The van der Waals surface area contributed by atoms with E-state index in [-0.39, 0.29) is 5.12 Å². The summed E-state index contributed by atoms with van der Waals surface area (Å²) >= 11 is 4.50. The van der Waals surface area contributed by atoms with E-state index in [1.54, 1.807) is 0 Å². The zero-order valence-electron chi connectivity index (χ0n) is 10.1. The molecule has 0 N–H and O–H groups in total. The van der Waals surface area contributed by atoms with Crippen LogP contribution in [-0.2, 0) is 4.79 Å². The maximum atomic E-state index is 10.5. The van der Waals surface area contributed by atoms with Crippen LogP contribution < -0.4 is 0 Å². The Kier molecular flexibility index (Phi) is 11.9. The summed E-state index contributed by atoms with van der Waals surface area (Å²) in [6, 6.07) is 0. The molecule has 0 aliphatic heterocycles. The van der Waals surface area contributed by atoms with Crippen molar-refractivity contribution in [3.8, 4) is 0 Å². The van der Waals surface area contributed by atoms with E-state index in [0.717, 1.165) is 6.42 Å². The molecule has 0 aliphatic carbocycles. The highest BCUT2D eigenvalue weighted by atomic mass is 32.1. The summed E-state index contributed by atoms with van der Waals surface area (Å²) in [5.74, 6) is 0. The molecular formula is C13H25OS. The first-order valence-electron chi connectivity index (χ1n) is 6.47. The van der Waals surface area contributed by atoms with Crippen LogP contribution in [0.5, 0.6) is 0 Å². The predicted octanol–water partition coefficient (Wildman–Crippen LogP) is 5.02. The molecule has 0 aromatic rings. The fraction of sp³-hybridized carbons (Fsp3) is 0.923. The first-order valence-corrected chi connectivity index (χ1v) is 6.88. The van der Waals surface area contributed by atoms with Crippen molar-refractivity contribution in [1.29, 1.82) is 0 Å². The van der Waals surface area contributed by atoms with Crippen LogP contribution >= 0.6 is 12.6 Å². The molecule has 0 unspecified atom stereocenters. The topological polar surface area (TPSA) is 17.1 Å². The van der Waals surface area contributed by atoms with E-state index in [0.29, 0.717) is 6.42 Å². The first-order chi connectivity index (χ1) is 7.27. The molecule has 0 rings (SSSR count). The van der Waals surface area contributed by atoms with Crippen molar-refractivity contribution in [1.82, 2.24) is 0 Å². The predicted molar refractivity (Wildman–Crippen MR) is 69.1 cm³/mol. The lowest BCUT2D eigenvalue weighted by Gasteiger charge is -2.01. The van der Waals surface area contributed by atoms with Gasteiger partial charge in [0.15, 0.2) is 0 Å². The molecule has 0 saturated heterocycles. The van der Waals surface area contributed by atoms with E-state index in [2.05, 4.69) is 19.6 Å². The Morgan fingerprint density at radius 2 is 1.20 bits per heavy atom. The molecule has 0 aromatic carbocycles. The van der Waals surface area contributed by atoms with Crippen LogP contribution in [0.2, 0.25) is 0 Å². The van der Waals surface area contributed by atoms with Gasteiger partial charge in [0.1, 0.15) is 0 Å². The van der Waals surface area contributed by atoms with Gasteiger partial charge >= 0.3 is 0 Å². The Balaban J connectivity index is 2.89. The fourth-order valence-corrected chi connectivity index (χ4v) is 1.90. The van der Waals surface area contributed by atoms with Crippen molar-refractivity contribution in [3.05, 3.63) is 0 Å². The minimum absolute atomic E-state index is 0.0745. The molecule has 0 fully saturated rings. The molecule has 0 spiro atoms. The minimum atomic E-state index is -0.0745. The minimum Gasteiger partial charge on any atom is -0.282 e. The van der Waals surface area contributed by atoms with Crippen molar-refractivity contribution in [2.45, 2.75) is 77.6 Å². The van der Waals surface area contributed by atoms with Crippen LogP contribution in [0.3, 0.4) is 0 Å². The Hall–Kier alpha value is -0.110. The van der Waals surface area contributed by atoms with Crippen molar-refractivity contribution in [3.63, 3.8) is 0 Å². The first kappa shape index (κ1) is 14.9. The van der Waals surface area contributed by atoms with Crippen molar-refractivity contribution < 1.29 is 4.79 Å². The number of carbonyl (C=O) groups excluding carboxylic acids is 1. The molecule has 0 amide bonds. The van der Waals surface area contributed by atoms with Gasteiger partial charge in [-0.2, -0.15) is 0 Å². The van der Waals surface area contributed by atoms with Crippen LogP contribution in [0.25, 0.3) is 0 Å². The zero-order chi connectivity index (χ0) is 11.4. The van der Waals surface area contributed by atoms with Gasteiger partial charge in [0, 0.05) is 6.42 Å². The number of hydrogen-bond acceptors (Lipinski definition) is 1. The van der Waals surface area contributed by atoms with Crippen molar-refractivity contribution in [2.75, 3.05) is 0 Å². The van der Waals surface area contributed by atoms with Gasteiger partial charge < -0.3 is 0 Å². The molecule has 0 bridgehead atoms. The molecule has 89 valence electrons. The molecule has 2 heteroatoms. The lowest BCUT2D eigenvalue weighted by molar-refractivity contribution is -0.110. The quantitative estimate of drug-likeness (QED) is 0.455. The van der Waals surface area contributed by atoms with Crippen LogP contribution in [0.1, 0.15) is 77.6 Å². The Morgan fingerprint density at radius 1 is 0.800 bits per heavy atom. The second-order valence-corrected chi connectivity index (χ2v) is 4.76. The summed E-state index contributed by atoms with van der Waals surface area (Å²) in [7, 11) is 0. The van der Waals surface area contributed by atoms with Gasteiger partial charge in [-0.15, -0.1) is 0 Å². The summed E-state index contributed by atoms with van der Waals surface area (Å²) in [6.45, 7) is 2.25. The maximum absolute atomic E-state index is 10.5. The molecule has 0 saturated carbocycles. The van der Waals surface area contributed by atoms with Crippen LogP contribution in [0, 0.1) is 0 Å². The molecule has 1 nitrogen and oxygen atoms in total. The molecule has 1 radical (unpaired) electrons. The highest BCUT2D eigenvalue weighted by molar-refractivity contribution is 7.96. The largest absolute Gasteiger partial charge is 0.282 e. The number of hydrogen-bond donors (Lipinski definition) is 0. The van der Waals surface area contributed by atoms with E-state index >= 15 is 0 Å². The molecule has 0 heterocycles. The second-order valence-electron chi connectivity index (χ2n) is 4.30. The fourth-order valence-electron chi connectivity index (χ4n) is 1.76. The Morgan fingerprint density at radius 3 is 1.60 bits per heavy atom. The summed E-state index contributed by atoms with van der Waals surface area (Å²) in [6.07, 6.45) is 13.7. The van der Waals surface area contributed by atoms with Crippen LogP contribution in [0.15, 0.2) is 0 Å². The molecule has 0 aliphatic rings. The average molecular weight is 229 g/mol. The average Bonchev–Trinajstić information content (AvgIpc) is 2.20. The SMILES string of the molecule is CCCCCCCCCCCCC(=O)[S]. The van der Waals surface area contributed by atoms with Crippen LogP contribution in [0.4, 0.5) is 0 Å². The Labute approximate surface area is 100 Å². The molecule has 15 heavy (non-hydrogen) atoms. The molecule has 0 atom stereocenters. The lowest BCUT2D eigenvalue weighted by Crippen LogP contribution is -1.86. The Bertz CT molecular complexity index is 145. The number of rotatable bonds is 11. The monoisotopic (exact) mass is 229 g/mol. The zero-order valence-corrected chi connectivity index (χ0v) is 10.9. The standard InChI is InChI=1S/C13H25OS/c1-2-3-4-5-6-7-8-9-10-11-12-13(14)15/h2-12H2,1H3. The molecule has 0 aromatic heterocycles. The van der Waals surface area contributed by atoms with Gasteiger partial charge in [0.05, 0.1) is 0 Å². The number of carbonyl (C=O) groups is 1. The third kappa shape index (κ3) is 13.9. The third-order valence-electron chi connectivity index (χ3n) is 2.73. The van der Waals surface area contributed by atoms with Crippen molar-refractivity contribution >= 4 is 17.7 Å². The second kappa shape index (κ2) is 12.0. The summed E-state index contributed by atoms with van der Waals surface area (Å²) in [5.41, 5.74) is 0. The van der Waals surface area contributed by atoms with E-state index in [4.69, 9.17) is 0 Å². The van der Waals surface area contributed by atoms with E-state index < -0.39 is 0 Å². The van der Waals surface area contributed by atoms with Gasteiger partial charge in [-0.25, -0.2) is 0 Å². The van der Waals surface area contributed by atoms with Gasteiger partial charge in [-0.1, -0.05) is 64.7 Å². The summed E-state index contributed by atoms with van der Waals surface area (Å²) in [4.78, 5) is 10.5. The smallest absolute Gasteiger partial charge is 0.218 e. The van der Waals surface area contributed by atoms with Crippen LogP contribution in [-0.4, -0.2) is 5.12 Å². The normalized spacial score (nSPS) is 10.5. The van der Waals surface area contributed by atoms with Crippen molar-refractivity contribution in [2.24, 2.45) is 0 Å². The van der Waals surface area contributed by atoms with Gasteiger partial charge in [0.25, 0.3) is 0 Å². The van der Waals surface area contributed by atoms with Gasteiger partial charge in [-0.05, 0) is 19.0 Å². The van der Waals surface area contributed by atoms with E-state index in [1.807, 2.05) is 0 Å². The molecular weight excluding hydrogens is 204 g/mol. The lowest BCUT2D eigenvalue weighted by atomic mass is 10.1.